The Hall–Kier alpha value is -1.25. The lowest BCUT2D eigenvalue weighted by atomic mass is 9.77. The van der Waals surface area contributed by atoms with Gasteiger partial charge in [0.1, 0.15) is 5.75 Å². The smallest absolute Gasteiger partial charge is 0.122 e. The van der Waals surface area contributed by atoms with E-state index in [-0.39, 0.29) is 12.4 Å². The molecule has 0 spiro atoms. The Balaban J connectivity index is 0.00000200. The molecule has 0 saturated heterocycles. The van der Waals surface area contributed by atoms with Gasteiger partial charge in [-0.05, 0) is 30.9 Å². The molecule has 1 aliphatic carbocycles. The van der Waals surface area contributed by atoms with Crippen LogP contribution in [0.3, 0.4) is 0 Å². The zero-order valence-electron chi connectivity index (χ0n) is 12.1. The van der Waals surface area contributed by atoms with Crippen LogP contribution >= 0.6 is 12.4 Å². The summed E-state index contributed by atoms with van der Waals surface area (Å²) in [5.41, 5.74) is 2.78. The van der Waals surface area contributed by atoms with Crippen molar-refractivity contribution >= 4 is 12.4 Å². The SMILES string of the molecule is C=CCN[C@H]1CCc2cccc(OC)c2[C@H]1CC=C.Cl. The summed E-state index contributed by atoms with van der Waals surface area (Å²) in [6.07, 6.45) is 7.17. The largest absolute Gasteiger partial charge is 0.496 e. The zero-order valence-corrected chi connectivity index (χ0v) is 12.9. The highest BCUT2D eigenvalue weighted by molar-refractivity contribution is 5.85. The van der Waals surface area contributed by atoms with Crippen LogP contribution in [0.15, 0.2) is 43.5 Å². The van der Waals surface area contributed by atoms with E-state index in [1.165, 1.54) is 11.1 Å². The third-order valence-corrected chi connectivity index (χ3v) is 3.90. The molecule has 3 heteroatoms. The summed E-state index contributed by atoms with van der Waals surface area (Å²) in [6, 6.07) is 6.84. The average molecular weight is 294 g/mol. The molecule has 1 aromatic rings. The molecule has 0 unspecified atom stereocenters. The van der Waals surface area contributed by atoms with Gasteiger partial charge in [-0.25, -0.2) is 0 Å². The van der Waals surface area contributed by atoms with Crippen molar-refractivity contribution in [3.8, 4) is 5.75 Å². The summed E-state index contributed by atoms with van der Waals surface area (Å²) in [5.74, 6) is 1.45. The average Bonchev–Trinajstić information content (AvgIpc) is 2.45. The Kier molecular flexibility index (Phi) is 6.83. The van der Waals surface area contributed by atoms with Gasteiger partial charge in [-0.15, -0.1) is 25.6 Å². The minimum Gasteiger partial charge on any atom is -0.496 e. The summed E-state index contributed by atoms with van der Waals surface area (Å²) in [5, 5.41) is 3.58. The topological polar surface area (TPSA) is 21.3 Å². The van der Waals surface area contributed by atoms with Gasteiger partial charge < -0.3 is 10.1 Å². The molecular formula is C17H24ClNO. The maximum Gasteiger partial charge on any atom is 0.122 e. The van der Waals surface area contributed by atoms with E-state index in [1.807, 2.05) is 12.2 Å². The second-order valence-electron chi connectivity index (χ2n) is 5.01. The number of aryl methyl sites for hydroxylation is 1. The van der Waals surface area contributed by atoms with Gasteiger partial charge in [-0.2, -0.15) is 0 Å². The number of rotatable bonds is 6. The molecule has 2 atom stereocenters. The van der Waals surface area contributed by atoms with Crippen molar-refractivity contribution < 1.29 is 4.74 Å². The van der Waals surface area contributed by atoms with E-state index in [2.05, 4.69) is 36.7 Å². The first-order valence-corrected chi connectivity index (χ1v) is 6.92. The van der Waals surface area contributed by atoms with Crippen LogP contribution in [-0.4, -0.2) is 19.7 Å². The first-order chi connectivity index (χ1) is 9.31. The number of halogens is 1. The summed E-state index contributed by atoms with van der Waals surface area (Å²) >= 11 is 0. The van der Waals surface area contributed by atoms with Crippen molar-refractivity contribution in [3.63, 3.8) is 0 Å². The third kappa shape index (κ3) is 3.44. The normalized spacial score (nSPS) is 20.4. The lowest BCUT2D eigenvalue weighted by Crippen LogP contribution is -2.38. The minimum atomic E-state index is 0. The Labute approximate surface area is 128 Å². The number of ether oxygens (including phenoxy) is 1. The number of allylic oxidation sites excluding steroid dienone is 1. The highest BCUT2D eigenvalue weighted by Crippen LogP contribution is 2.40. The quantitative estimate of drug-likeness (QED) is 0.804. The predicted molar refractivity (Wildman–Crippen MR) is 88.1 cm³/mol. The predicted octanol–water partition coefficient (Wildman–Crippen LogP) is 3.87. The second kappa shape index (κ2) is 8.13. The standard InChI is InChI=1S/C17H23NO.ClH/c1-4-7-14-15(18-12-5-2)11-10-13-8-6-9-16(19-3)17(13)14;/h4-6,8-9,14-15,18H,1-2,7,10-12H2,3H3;1H/t14-,15-;/m0./s1. The van der Waals surface area contributed by atoms with Crippen molar-refractivity contribution in [1.29, 1.82) is 0 Å². The van der Waals surface area contributed by atoms with Gasteiger partial charge in [-0.1, -0.05) is 24.3 Å². The number of methoxy groups -OCH3 is 1. The molecule has 0 aromatic heterocycles. The van der Waals surface area contributed by atoms with Gasteiger partial charge >= 0.3 is 0 Å². The molecule has 110 valence electrons. The summed E-state index contributed by atoms with van der Waals surface area (Å²) < 4.78 is 5.56. The van der Waals surface area contributed by atoms with Crippen LogP contribution in [0.4, 0.5) is 0 Å². The molecule has 20 heavy (non-hydrogen) atoms. The van der Waals surface area contributed by atoms with Crippen LogP contribution in [0.5, 0.6) is 5.75 Å². The van der Waals surface area contributed by atoms with Crippen LogP contribution in [0.25, 0.3) is 0 Å². The fourth-order valence-corrected chi connectivity index (χ4v) is 3.06. The van der Waals surface area contributed by atoms with Gasteiger partial charge in [0.15, 0.2) is 0 Å². The lowest BCUT2D eigenvalue weighted by molar-refractivity contribution is 0.366. The van der Waals surface area contributed by atoms with Gasteiger partial charge in [0.2, 0.25) is 0 Å². The number of nitrogens with one attached hydrogen (secondary N) is 1. The Morgan fingerprint density at radius 1 is 1.35 bits per heavy atom. The summed E-state index contributed by atoms with van der Waals surface area (Å²) in [6.45, 7) is 8.55. The molecule has 2 nitrogen and oxygen atoms in total. The van der Waals surface area contributed by atoms with Gasteiger partial charge in [-0.3, -0.25) is 0 Å². The first kappa shape index (κ1) is 16.8. The van der Waals surface area contributed by atoms with E-state index in [0.717, 1.165) is 31.6 Å². The fourth-order valence-electron chi connectivity index (χ4n) is 3.06. The number of fused-ring (bicyclic) bond motifs is 1. The Morgan fingerprint density at radius 3 is 2.80 bits per heavy atom. The number of benzene rings is 1. The van der Waals surface area contributed by atoms with Crippen molar-refractivity contribution in [1.82, 2.24) is 5.32 Å². The summed E-state index contributed by atoms with van der Waals surface area (Å²) in [7, 11) is 1.75. The maximum absolute atomic E-state index is 5.56. The molecule has 0 bridgehead atoms. The fraction of sp³-hybridized carbons (Fsp3) is 0.412. The molecule has 0 saturated carbocycles. The van der Waals surface area contributed by atoms with Crippen molar-refractivity contribution in [2.75, 3.05) is 13.7 Å². The van der Waals surface area contributed by atoms with Crippen LogP contribution in [0.1, 0.15) is 29.9 Å². The van der Waals surface area contributed by atoms with E-state index < -0.39 is 0 Å². The van der Waals surface area contributed by atoms with Crippen molar-refractivity contribution in [3.05, 3.63) is 54.6 Å². The van der Waals surface area contributed by atoms with Gasteiger partial charge in [0.25, 0.3) is 0 Å². The molecule has 0 radical (unpaired) electrons. The molecule has 1 N–H and O–H groups in total. The highest BCUT2D eigenvalue weighted by Gasteiger charge is 2.30. The van der Waals surface area contributed by atoms with E-state index in [1.54, 1.807) is 7.11 Å². The molecule has 2 rings (SSSR count). The molecule has 0 aliphatic heterocycles. The van der Waals surface area contributed by atoms with Crippen LogP contribution in [0.2, 0.25) is 0 Å². The van der Waals surface area contributed by atoms with Crippen LogP contribution in [0, 0.1) is 0 Å². The van der Waals surface area contributed by atoms with E-state index in [4.69, 9.17) is 4.74 Å². The van der Waals surface area contributed by atoms with Crippen molar-refractivity contribution in [2.24, 2.45) is 0 Å². The van der Waals surface area contributed by atoms with E-state index in [9.17, 15) is 0 Å². The zero-order chi connectivity index (χ0) is 13.7. The molecule has 0 heterocycles. The molecule has 1 aromatic carbocycles. The monoisotopic (exact) mass is 293 g/mol. The first-order valence-electron chi connectivity index (χ1n) is 6.92. The van der Waals surface area contributed by atoms with Crippen LogP contribution in [-0.2, 0) is 6.42 Å². The minimum absolute atomic E-state index is 0. The maximum atomic E-state index is 5.56. The summed E-state index contributed by atoms with van der Waals surface area (Å²) in [4.78, 5) is 0. The molecular weight excluding hydrogens is 270 g/mol. The number of hydrogen-bond donors (Lipinski definition) is 1. The highest BCUT2D eigenvalue weighted by atomic mass is 35.5. The number of hydrogen-bond acceptors (Lipinski definition) is 2. The van der Waals surface area contributed by atoms with E-state index in [0.29, 0.717) is 12.0 Å². The van der Waals surface area contributed by atoms with E-state index >= 15 is 0 Å². The Bertz CT molecular complexity index is 444. The van der Waals surface area contributed by atoms with Gasteiger partial charge in [0, 0.05) is 24.1 Å². The second-order valence-corrected chi connectivity index (χ2v) is 5.01. The molecule has 0 amide bonds. The van der Waals surface area contributed by atoms with Crippen molar-refractivity contribution in [2.45, 2.75) is 31.2 Å². The molecule has 0 fully saturated rings. The molecule has 1 aliphatic rings. The van der Waals surface area contributed by atoms with Gasteiger partial charge in [0.05, 0.1) is 7.11 Å². The lowest BCUT2D eigenvalue weighted by Gasteiger charge is -2.34. The Morgan fingerprint density at radius 2 is 2.15 bits per heavy atom. The third-order valence-electron chi connectivity index (χ3n) is 3.90. The van der Waals surface area contributed by atoms with Crippen LogP contribution < -0.4 is 10.1 Å².